The van der Waals surface area contributed by atoms with Crippen LogP contribution in [0.5, 0.6) is 5.75 Å². The third kappa shape index (κ3) is 6.42. The smallest absolute Gasteiger partial charge is 0.335 e. The number of carboxylic acid groups (broad SMARTS) is 1. The normalized spacial score (nSPS) is 15.8. The van der Waals surface area contributed by atoms with Crippen molar-refractivity contribution in [2.24, 2.45) is 0 Å². The number of carbonyl (C=O) groups is 2. The minimum Gasteiger partial charge on any atom is -0.495 e. The first-order valence-electron chi connectivity index (χ1n) is 13.3. The number of carboxylic acids is 1. The Morgan fingerprint density at radius 3 is 2.59 bits per heavy atom. The van der Waals surface area contributed by atoms with Crippen LogP contribution in [0.25, 0.3) is 22.5 Å². The van der Waals surface area contributed by atoms with Gasteiger partial charge in [-0.05, 0) is 60.7 Å². The van der Waals surface area contributed by atoms with Gasteiger partial charge in [-0.25, -0.2) is 9.78 Å². The van der Waals surface area contributed by atoms with Crippen LogP contribution in [0, 0.1) is 0 Å². The van der Waals surface area contributed by atoms with Crippen molar-refractivity contribution in [3.8, 4) is 28.2 Å². The summed E-state index contributed by atoms with van der Waals surface area (Å²) < 4.78 is 18.6. The van der Waals surface area contributed by atoms with E-state index in [0.717, 1.165) is 19.3 Å². The summed E-state index contributed by atoms with van der Waals surface area (Å²) in [6, 6.07) is 12.0. The van der Waals surface area contributed by atoms with E-state index in [1.54, 1.807) is 42.7 Å². The Morgan fingerprint density at radius 2 is 1.93 bits per heavy atom. The zero-order valence-corrected chi connectivity index (χ0v) is 23.2. The van der Waals surface area contributed by atoms with Gasteiger partial charge in [0.15, 0.2) is 17.9 Å². The lowest BCUT2D eigenvalue weighted by Crippen LogP contribution is -2.34. The van der Waals surface area contributed by atoms with Gasteiger partial charge in [0.25, 0.3) is 5.56 Å². The largest absolute Gasteiger partial charge is 0.495 e. The lowest BCUT2D eigenvalue weighted by molar-refractivity contribution is -0.123. The molecule has 2 aromatic heterocycles. The minimum atomic E-state index is -1.04. The maximum Gasteiger partial charge on any atom is 0.335 e. The number of hydrogen-bond donors (Lipinski definition) is 1. The number of oxazole rings is 1. The first-order chi connectivity index (χ1) is 19.8. The molecule has 1 aliphatic rings. The Hall–Kier alpha value is -4.21. The van der Waals surface area contributed by atoms with Gasteiger partial charge in [0.05, 0.1) is 37.2 Å². The van der Waals surface area contributed by atoms with Crippen molar-refractivity contribution in [1.29, 1.82) is 0 Å². The number of ether oxygens (including phenoxy) is 2. The average Bonchev–Trinajstić information content (AvgIpc) is 3.51. The highest BCUT2D eigenvalue weighted by molar-refractivity contribution is 6.31. The monoisotopic (exact) mass is 576 g/mol. The summed E-state index contributed by atoms with van der Waals surface area (Å²) in [5, 5.41) is 9.66. The number of carbonyl (C=O) groups excluding carboxylic acids is 1. The molecule has 2 aromatic carbocycles. The molecule has 1 N–H and O–H groups in total. The fraction of sp³-hybridized carbons (Fsp3) is 0.290. The van der Waals surface area contributed by atoms with E-state index in [9.17, 15) is 19.5 Å². The van der Waals surface area contributed by atoms with Crippen LogP contribution in [0.1, 0.15) is 47.6 Å². The third-order valence-corrected chi connectivity index (χ3v) is 7.52. The lowest BCUT2D eigenvalue weighted by atomic mass is 9.94. The van der Waals surface area contributed by atoms with Crippen molar-refractivity contribution < 1.29 is 28.6 Å². The Bertz CT molecular complexity index is 1590. The number of aromatic carboxylic acids is 1. The van der Waals surface area contributed by atoms with Gasteiger partial charge in [0.1, 0.15) is 5.75 Å². The molecule has 2 atom stereocenters. The van der Waals surface area contributed by atoms with Crippen LogP contribution < -0.4 is 10.3 Å². The number of benzene rings is 2. The van der Waals surface area contributed by atoms with Crippen LogP contribution >= 0.6 is 11.6 Å². The highest BCUT2D eigenvalue weighted by atomic mass is 35.5. The van der Waals surface area contributed by atoms with E-state index in [1.165, 1.54) is 36.3 Å². The highest BCUT2D eigenvalue weighted by Crippen LogP contribution is 2.38. The van der Waals surface area contributed by atoms with Gasteiger partial charge >= 0.3 is 5.97 Å². The van der Waals surface area contributed by atoms with E-state index < -0.39 is 12.0 Å². The zero-order valence-electron chi connectivity index (χ0n) is 22.4. The number of pyridine rings is 1. The summed E-state index contributed by atoms with van der Waals surface area (Å²) in [5.74, 6) is -0.357. The number of ketones is 1. The van der Waals surface area contributed by atoms with Crippen molar-refractivity contribution in [3.05, 3.63) is 93.8 Å². The number of methoxy groups -OCH3 is 1. The fourth-order valence-electron chi connectivity index (χ4n) is 5.17. The predicted molar refractivity (Wildman–Crippen MR) is 153 cm³/mol. The Morgan fingerprint density at radius 1 is 1.12 bits per heavy atom. The SMILES string of the molecule is COc1cn(C(C[C@@H]2CCCCO2)C(=O)Cc2ccc(C(=O)O)cc2)c(=O)cc1-c1cc(Cl)ccc1-c1cnco1. The van der Waals surface area contributed by atoms with Gasteiger partial charge in [0.2, 0.25) is 0 Å². The first-order valence-corrected chi connectivity index (χ1v) is 13.7. The molecule has 4 aromatic rings. The maximum atomic E-state index is 13.8. The van der Waals surface area contributed by atoms with Gasteiger partial charge in [-0.15, -0.1) is 0 Å². The second-order valence-electron chi connectivity index (χ2n) is 9.94. The molecule has 3 heterocycles. The Labute approximate surface area is 241 Å². The number of nitrogens with zero attached hydrogens (tertiary/aromatic N) is 2. The van der Waals surface area contributed by atoms with Crippen LogP contribution in [0.4, 0.5) is 0 Å². The molecule has 1 aliphatic heterocycles. The molecule has 0 radical (unpaired) electrons. The average molecular weight is 577 g/mol. The van der Waals surface area contributed by atoms with E-state index in [0.29, 0.717) is 51.8 Å². The number of rotatable bonds is 10. The number of halogens is 1. The van der Waals surface area contributed by atoms with Crippen LogP contribution in [0.3, 0.4) is 0 Å². The second-order valence-corrected chi connectivity index (χ2v) is 10.4. The highest BCUT2D eigenvalue weighted by Gasteiger charge is 2.29. The Kier molecular flexibility index (Phi) is 8.66. The summed E-state index contributed by atoms with van der Waals surface area (Å²) in [5.41, 5.74) is 2.19. The molecule has 212 valence electrons. The van der Waals surface area contributed by atoms with E-state index in [2.05, 4.69) is 4.98 Å². The molecule has 1 unspecified atom stereocenters. The van der Waals surface area contributed by atoms with Crippen molar-refractivity contribution in [1.82, 2.24) is 9.55 Å². The summed E-state index contributed by atoms with van der Waals surface area (Å²) in [7, 11) is 1.50. The third-order valence-electron chi connectivity index (χ3n) is 7.28. The lowest BCUT2D eigenvalue weighted by Gasteiger charge is -2.28. The van der Waals surface area contributed by atoms with Gasteiger partial charge in [-0.1, -0.05) is 23.7 Å². The van der Waals surface area contributed by atoms with Gasteiger partial charge in [-0.3, -0.25) is 9.59 Å². The molecule has 0 amide bonds. The zero-order chi connectivity index (χ0) is 28.9. The van der Waals surface area contributed by atoms with Crippen molar-refractivity contribution >= 4 is 23.4 Å². The molecule has 1 fully saturated rings. The molecule has 0 bridgehead atoms. The van der Waals surface area contributed by atoms with Crippen molar-refractivity contribution in [2.75, 3.05) is 13.7 Å². The standard InChI is InChI=1S/C31H29ClN2O7/c1-39-29-17-34(30(36)15-25(29)24-13-21(32)9-10-23(24)28-16-33-18-41-28)26(14-22-4-2-3-11-40-22)27(35)12-19-5-7-20(8-6-19)31(37)38/h5-10,13,15-18,22,26H,2-4,11-12,14H2,1H3,(H,37,38)/t22-,26?/m0/s1. The van der Waals surface area contributed by atoms with Crippen LogP contribution in [-0.2, 0) is 16.0 Å². The molecule has 0 spiro atoms. The van der Waals surface area contributed by atoms with Crippen LogP contribution in [0.15, 0.2) is 76.5 Å². The molecule has 41 heavy (non-hydrogen) atoms. The second kappa shape index (κ2) is 12.5. The maximum absolute atomic E-state index is 13.8. The van der Waals surface area contributed by atoms with E-state index in [-0.39, 0.29) is 29.4 Å². The van der Waals surface area contributed by atoms with Crippen LogP contribution in [-0.4, -0.2) is 46.2 Å². The summed E-state index contributed by atoms with van der Waals surface area (Å²) in [6.45, 7) is 0.610. The van der Waals surface area contributed by atoms with Gasteiger partial charge < -0.3 is 23.6 Å². The molecule has 5 rings (SSSR count). The van der Waals surface area contributed by atoms with Gasteiger partial charge in [-0.2, -0.15) is 0 Å². The topological polar surface area (TPSA) is 121 Å². The molecular weight excluding hydrogens is 548 g/mol. The summed E-state index contributed by atoms with van der Waals surface area (Å²) in [6.07, 6.45) is 7.37. The summed E-state index contributed by atoms with van der Waals surface area (Å²) in [4.78, 5) is 42.7. The summed E-state index contributed by atoms with van der Waals surface area (Å²) >= 11 is 6.34. The fourth-order valence-corrected chi connectivity index (χ4v) is 5.35. The van der Waals surface area contributed by atoms with Crippen molar-refractivity contribution in [2.45, 2.75) is 44.2 Å². The molecular formula is C31H29ClN2O7. The molecule has 0 saturated carbocycles. The molecule has 0 aliphatic carbocycles. The minimum absolute atomic E-state index is 0.0255. The number of Topliss-reactive ketones (excluding diaryl/α,β-unsaturated/α-hetero) is 1. The van der Waals surface area contributed by atoms with E-state index >= 15 is 0 Å². The van der Waals surface area contributed by atoms with Crippen LogP contribution in [0.2, 0.25) is 5.02 Å². The first kappa shape index (κ1) is 28.3. The number of hydrogen-bond acceptors (Lipinski definition) is 7. The van der Waals surface area contributed by atoms with E-state index in [1.807, 2.05) is 0 Å². The molecule has 10 heteroatoms. The quantitative estimate of drug-likeness (QED) is 0.250. The molecule has 1 saturated heterocycles. The number of aromatic nitrogens is 2. The predicted octanol–water partition coefficient (Wildman–Crippen LogP) is 5.84. The van der Waals surface area contributed by atoms with E-state index in [4.69, 9.17) is 25.5 Å². The Balaban J connectivity index is 1.54. The molecule has 9 nitrogen and oxygen atoms in total. The van der Waals surface area contributed by atoms with Gasteiger partial charge in [0, 0.05) is 41.7 Å². The van der Waals surface area contributed by atoms with Crippen molar-refractivity contribution in [3.63, 3.8) is 0 Å².